The van der Waals surface area contributed by atoms with Gasteiger partial charge in [0, 0.05) is 11.8 Å². The van der Waals surface area contributed by atoms with Gasteiger partial charge in [-0.05, 0) is 38.4 Å². The normalized spacial score (nSPS) is 18.8. The molecular weight excluding hydrogens is 250 g/mol. The summed E-state index contributed by atoms with van der Waals surface area (Å²) in [6.45, 7) is 3.02. The fourth-order valence-electron chi connectivity index (χ4n) is 2.45. The lowest BCUT2D eigenvalue weighted by Crippen LogP contribution is -2.28. The number of piperidine rings is 1. The van der Waals surface area contributed by atoms with Crippen LogP contribution in [0.4, 0.5) is 0 Å². The Morgan fingerprint density at radius 1 is 1.15 bits per heavy atom. The third-order valence-corrected chi connectivity index (χ3v) is 3.44. The molecule has 0 radical (unpaired) electrons. The standard InChI is InChI=1S/C16H19N3O/c1-12-11-15(20-13-7-3-2-4-8-13)19-16(18-12)14-9-5-6-10-17-14/h2-4,7-8,11,14,17H,5-6,9-10H2,1H3. The van der Waals surface area contributed by atoms with Crippen molar-refractivity contribution in [3.05, 3.63) is 47.9 Å². The molecule has 1 saturated heterocycles. The molecule has 104 valence electrons. The van der Waals surface area contributed by atoms with E-state index in [9.17, 15) is 0 Å². The number of nitrogens with zero attached hydrogens (tertiary/aromatic N) is 2. The zero-order valence-electron chi connectivity index (χ0n) is 11.7. The maximum absolute atomic E-state index is 5.81. The topological polar surface area (TPSA) is 47.0 Å². The number of hydrogen-bond donors (Lipinski definition) is 1. The van der Waals surface area contributed by atoms with Crippen LogP contribution >= 0.6 is 0 Å². The molecule has 1 atom stereocenters. The van der Waals surface area contributed by atoms with Crippen molar-refractivity contribution < 1.29 is 4.74 Å². The van der Waals surface area contributed by atoms with Crippen LogP contribution in [0.15, 0.2) is 36.4 Å². The highest BCUT2D eigenvalue weighted by molar-refractivity contribution is 5.27. The van der Waals surface area contributed by atoms with Gasteiger partial charge in [0.25, 0.3) is 0 Å². The Bertz CT molecular complexity index is 565. The average molecular weight is 269 g/mol. The van der Waals surface area contributed by atoms with Gasteiger partial charge in [-0.2, -0.15) is 4.98 Å². The first-order chi connectivity index (χ1) is 9.81. The summed E-state index contributed by atoms with van der Waals surface area (Å²) in [4.78, 5) is 9.10. The van der Waals surface area contributed by atoms with E-state index in [2.05, 4.69) is 15.3 Å². The van der Waals surface area contributed by atoms with Gasteiger partial charge in [0.15, 0.2) is 0 Å². The van der Waals surface area contributed by atoms with E-state index in [1.54, 1.807) is 0 Å². The van der Waals surface area contributed by atoms with Crippen LogP contribution in [0.25, 0.3) is 0 Å². The van der Waals surface area contributed by atoms with Crippen molar-refractivity contribution in [2.75, 3.05) is 6.54 Å². The molecule has 0 bridgehead atoms. The minimum Gasteiger partial charge on any atom is -0.439 e. The summed E-state index contributed by atoms with van der Waals surface area (Å²) >= 11 is 0. The van der Waals surface area contributed by atoms with Crippen LogP contribution < -0.4 is 10.1 Å². The summed E-state index contributed by atoms with van der Waals surface area (Å²) in [6.07, 6.45) is 3.55. The van der Waals surface area contributed by atoms with E-state index in [-0.39, 0.29) is 6.04 Å². The minimum absolute atomic E-state index is 0.252. The molecule has 0 aliphatic carbocycles. The smallest absolute Gasteiger partial charge is 0.222 e. The van der Waals surface area contributed by atoms with Crippen molar-refractivity contribution in [3.8, 4) is 11.6 Å². The quantitative estimate of drug-likeness (QED) is 0.927. The molecule has 1 N–H and O–H groups in total. The second-order valence-electron chi connectivity index (χ2n) is 5.12. The van der Waals surface area contributed by atoms with E-state index in [0.29, 0.717) is 5.88 Å². The summed E-state index contributed by atoms with van der Waals surface area (Å²) in [5, 5.41) is 3.47. The number of para-hydroxylation sites is 1. The van der Waals surface area contributed by atoms with Crippen LogP contribution in [0.5, 0.6) is 11.6 Å². The highest BCUT2D eigenvalue weighted by atomic mass is 16.5. The fourth-order valence-corrected chi connectivity index (χ4v) is 2.45. The molecule has 1 unspecified atom stereocenters. The Balaban J connectivity index is 1.82. The second kappa shape index (κ2) is 6.01. The predicted molar refractivity (Wildman–Crippen MR) is 77.9 cm³/mol. The zero-order valence-corrected chi connectivity index (χ0v) is 11.7. The van der Waals surface area contributed by atoms with Crippen LogP contribution in [-0.4, -0.2) is 16.5 Å². The summed E-state index contributed by atoms with van der Waals surface area (Å²) < 4.78 is 5.81. The molecule has 20 heavy (non-hydrogen) atoms. The first-order valence-electron chi connectivity index (χ1n) is 7.13. The van der Waals surface area contributed by atoms with Gasteiger partial charge in [0.1, 0.15) is 11.6 Å². The van der Waals surface area contributed by atoms with Gasteiger partial charge in [0.2, 0.25) is 5.88 Å². The second-order valence-corrected chi connectivity index (χ2v) is 5.12. The third-order valence-electron chi connectivity index (χ3n) is 3.44. The number of hydrogen-bond acceptors (Lipinski definition) is 4. The Labute approximate surface area is 119 Å². The minimum atomic E-state index is 0.252. The fraction of sp³-hybridized carbons (Fsp3) is 0.375. The molecular formula is C16H19N3O. The number of ether oxygens (including phenoxy) is 1. The molecule has 3 rings (SSSR count). The predicted octanol–water partition coefficient (Wildman–Crippen LogP) is 3.39. The molecule has 0 amide bonds. The summed E-state index contributed by atoms with van der Waals surface area (Å²) in [7, 11) is 0. The van der Waals surface area contributed by atoms with Crippen LogP contribution in [-0.2, 0) is 0 Å². The van der Waals surface area contributed by atoms with E-state index in [0.717, 1.165) is 30.2 Å². The average Bonchev–Trinajstić information content (AvgIpc) is 2.49. The zero-order chi connectivity index (χ0) is 13.8. The van der Waals surface area contributed by atoms with E-state index in [1.807, 2.05) is 43.3 Å². The van der Waals surface area contributed by atoms with Crippen molar-refractivity contribution in [2.45, 2.75) is 32.2 Å². The van der Waals surface area contributed by atoms with Gasteiger partial charge >= 0.3 is 0 Å². The molecule has 1 aromatic carbocycles. The van der Waals surface area contributed by atoms with Crippen molar-refractivity contribution in [3.63, 3.8) is 0 Å². The number of nitrogens with one attached hydrogen (secondary N) is 1. The van der Waals surface area contributed by atoms with Gasteiger partial charge in [-0.15, -0.1) is 0 Å². The molecule has 1 aliphatic rings. The Morgan fingerprint density at radius 2 is 2.00 bits per heavy atom. The van der Waals surface area contributed by atoms with Gasteiger partial charge < -0.3 is 10.1 Å². The molecule has 0 saturated carbocycles. The number of rotatable bonds is 3. The number of aromatic nitrogens is 2. The van der Waals surface area contributed by atoms with Crippen molar-refractivity contribution in [2.24, 2.45) is 0 Å². The molecule has 2 aromatic rings. The Kier molecular flexibility index (Phi) is 3.92. The van der Waals surface area contributed by atoms with Crippen LogP contribution in [0, 0.1) is 6.92 Å². The highest BCUT2D eigenvalue weighted by Gasteiger charge is 2.18. The molecule has 1 fully saturated rings. The number of benzene rings is 1. The van der Waals surface area contributed by atoms with Gasteiger partial charge in [-0.3, -0.25) is 0 Å². The lowest BCUT2D eigenvalue weighted by atomic mass is 10.0. The maximum Gasteiger partial charge on any atom is 0.222 e. The van der Waals surface area contributed by atoms with Crippen molar-refractivity contribution in [1.82, 2.24) is 15.3 Å². The molecule has 4 nitrogen and oxygen atoms in total. The highest BCUT2D eigenvalue weighted by Crippen LogP contribution is 2.24. The molecule has 0 spiro atoms. The number of aryl methyl sites for hydroxylation is 1. The lowest BCUT2D eigenvalue weighted by molar-refractivity contribution is 0.387. The van der Waals surface area contributed by atoms with E-state index < -0.39 is 0 Å². The van der Waals surface area contributed by atoms with Gasteiger partial charge in [-0.1, -0.05) is 24.6 Å². The van der Waals surface area contributed by atoms with E-state index in [4.69, 9.17) is 4.74 Å². The molecule has 2 heterocycles. The maximum atomic E-state index is 5.81. The molecule has 4 heteroatoms. The van der Waals surface area contributed by atoms with Gasteiger partial charge in [-0.25, -0.2) is 4.98 Å². The summed E-state index contributed by atoms with van der Waals surface area (Å²) in [5.41, 5.74) is 0.938. The summed E-state index contributed by atoms with van der Waals surface area (Å²) in [6, 6.07) is 11.8. The van der Waals surface area contributed by atoms with E-state index >= 15 is 0 Å². The summed E-state index contributed by atoms with van der Waals surface area (Å²) in [5.74, 6) is 2.26. The first-order valence-corrected chi connectivity index (χ1v) is 7.13. The van der Waals surface area contributed by atoms with Crippen LogP contribution in [0.3, 0.4) is 0 Å². The largest absolute Gasteiger partial charge is 0.439 e. The van der Waals surface area contributed by atoms with Crippen LogP contribution in [0.1, 0.15) is 36.8 Å². The lowest BCUT2D eigenvalue weighted by Gasteiger charge is -2.22. The van der Waals surface area contributed by atoms with Gasteiger partial charge in [0.05, 0.1) is 6.04 Å². The van der Waals surface area contributed by atoms with Crippen molar-refractivity contribution >= 4 is 0 Å². The molecule has 1 aliphatic heterocycles. The Hall–Kier alpha value is -1.94. The van der Waals surface area contributed by atoms with E-state index in [1.165, 1.54) is 12.8 Å². The first kappa shape index (κ1) is 13.1. The Morgan fingerprint density at radius 3 is 2.75 bits per heavy atom. The SMILES string of the molecule is Cc1cc(Oc2ccccc2)nc(C2CCCCN2)n1. The third kappa shape index (κ3) is 3.14. The molecule has 1 aromatic heterocycles. The van der Waals surface area contributed by atoms with Crippen molar-refractivity contribution in [1.29, 1.82) is 0 Å². The monoisotopic (exact) mass is 269 g/mol. The van der Waals surface area contributed by atoms with Crippen LogP contribution in [0.2, 0.25) is 0 Å².